The van der Waals surface area contributed by atoms with Crippen molar-refractivity contribution in [2.24, 2.45) is 5.73 Å². The molecule has 7 heteroatoms. The zero-order valence-electron chi connectivity index (χ0n) is 11.3. The van der Waals surface area contributed by atoms with E-state index in [4.69, 9.17) is 10.5 Å². The number of hydrogen-bond acceptors (Lipinski definition) is 5. The van der Waals surface area contributed by atoms with Crippen LogP contribution in [0.25, 0.3) is 0 Å². The largest absolute Gasteiger partial charge is 0.379 e. The first-order valence-electron chi connectivity index (χ1n) is 6.54. The smallest absolute Gasteiger partial charge is 0.304 e. The molecule has 1 aliphatic heterocycles. The van der Waals surface area contributed by atoms with E-state index in [0.29, 0.717) is 0 Å². The van der Waals surface area contributed by atoms with E-state index in [2.05, 4.69) is 4.90 Å². The van der Waals surface area contributed by atoms with E-state index in [0.717, 1.165) is 57.9 Å². The van der Waals surface area contributed by atoms with Crippen molar-refractivity contribution in [3.8, 4) is 0 Å². The zero-order chi connectivity index (χ0) is 14.8. The summed E-state index contributed by atoms with van der Waals surface area (Å²) in [5.74, 6) is -0.799. The first-order valence-corrected chi connectivity index (χ1v) is 6.54. The molecule has 20 heavy (non-hydrogen) atoms. The molecule has 0 radical (unpaired) electrons. The maximum absolute atomic E-state index is 12.4. The Bertz CT molecular complexity index is 412. The fraction of sp³-hybridized carbons (Fsp3) is 0.538. The Labute approximate surface area is 117 Å². The number of nitro groups is 1. The number of halogens is 1. The molecule has 2 N–H and O–H groups in total. The van der Waals surface area contributed by atoms with E-state index in [-0.39, 0.29) is 0 Å². The van der Waals surface area contributed by atoms with Crippen molar-refractivity contribution in [1.29, 1.82) is 0 Å². The number of para-hydroxylation sites is 1. The SMILES string of the molecule is NCCCN1CCOCC1.O=[N+]([O-])c1ccccc1F. The summed E-state index contributed by atoms with van der Waals surface area (Å²) in [6.45, 7) is 5.90. The molecule has 1 aliphatic rings. The van der Waals surface area contributed by atoms with Crippen molar-refractivity contribution >= 4 is 5.69 Å². The van der Waals surface area contributed by atoms with Gasteiger partial charge in [0.2, 0.25) is 5.82 Å². The molecule has 0 spiro atoms. The van der Waals surface area contributed by atoms with Crippen LogP contribution in [0.1, 0.15) is 6.42 Å². The summed E-state index contributed by atoms with van der Waals surface area (Å²) in [5, 5.41) is 9.99. The predicted octanol–water partition coefficient (Wildman–Crippen LogP) is 1.40. The molecular formula is C13H20FN3O3. The van der Waals surface area contributed by atoms with Crippen LogP contribution in [0.2, 0.25) is 0 Å². The minimum absolute atomic E-state index is 0.484. The van der Waals surface area contributed by atoms with Crippen LogP contribution in [-0.2, 0) is 4.74 Å². The van der Waals surface area contributed by atoms with Crippen molar-refractivity contribution in [2.45, 2.75) is 6.42 Å². The maximum atomic E-state index is 12.4. The van der Waals surface area contributed by atoms with Crippen LogP contribution in [0, 0.1) is 15.9 Å². The van der Waals surface area contributed by atoms with Gasteiger partial charge >= 0.3 is 5.69 Å². The molecule has 0 aliphatic carbocycles. The van der Waals surface area contributed by atoms with E-state index in [1.807, 2.05) is 0 Å². The van der Waals surface area contributed by atoms with E-state index in [9.17, 15) is 14.5 Å². The highest BCUT2D eigenvalue weighted by Crippen LogP contribution is 2.14. The third kappa shape index (κ3) is 6.05. The summed E-state index contributed by atoms with van der Waals surface area (Å²) in [6.07, 6.45) is 1.11. The molecule has 0 saturated carbocycles. The molecule has 0 aromatic heterocycles. The van der Waals surface area contributed by atoms with Gasteiger partial charge in [-0.25, -0.2) is 0 Å². The average molecular weight is 285 g/mol. The topological polar surface area (TPSA) is 81.6 Å². The second kappa shape index (κ2) is 9.35. The number of nitro benzene ring substituents is 1. The van der Waals surface area contributed by atoms with E-state index in [1.165, 1.54) is 12.1 Å². The lowest BCUT2D eigenvalue weighted by Gasteiger charge is -2.26. The minimum Gasteiger partial charge on any atom is -0.379 e. The Hall–Kier alpha value is -1.57. The number of morpholine rings is 1. The Morgan fingerprint density at radius 2 is 2.00 bits per heavy atom. The monoisotopic (exact) mass is 285 g/mol. The van der Waals surface area contributed by atoms with Crippen LogP contribution in [0.4, 0.5) is 10.1 Å². The molecule has 0 amide bonds. The van der Waals surface area contributed by atoms with Gasteiger partial charge in [0.05, 0.1) is 18.1 Å². The molecule has 6 nitrogen and oxygen atoms in total. The van der Waals surface area contributed by atoms with Gasteiger partial charge in [0.1, 0.15) is 0 Å². The Morgan fingerprint density at radius 1 is 1.35 bits per heavy atom. The van der Waals surface area contributed by atoms with E-state index in [1.54, 1.807) is 0 Å². The van der Waals surface area contributed by atoms with Crippen LogP contribution in [0.15, 0.2) is 24.3 Å². The van der Waals surface area contributed by atoms with Gasteiger partial charge in [-0.2, -0.15) is 4.39 Å². The highest BCUT2D eigenvalue weighted by Gasteiger charge is 2.10. The summed E-state index contributed by atoms with van der Waals surface area (Å²) in [5.41, 5.74) is 4.90. The lowest BCUT2D eigenvalue weighted by Crippen LogP contribution is -2.37. The maximum Gasteiger partial charge on any atom is 0.304 e. The van der Waals surface area contributed by atoms with Gasteiger partial charge < -0.3 is 10.5 Å². The highest BCUT2D eigenvalue weighted by atomic mass is 19.1. The van der Waals surface area contributed by atoms with Crippen molar-refractivity contribution in [1.82, 2.24) is 4.90 Å². The first kappa shape index (κ1) is 16.5. The zero-order valence-corrected chi connectivity index (χ0v) is 11.3. The summed E-state index contributed by atoms with van der Waals surface area (Å²) in [6, 6.07) is 5.00. The van der Waals surface area contributed by atoms with Crippen molar-refractivity contribution in [3.63, 3.8) is 0 Å². The molecule has 1 heterocycles. The van der Waals surface area contributed by atoms with Gasteiger partial charge in [0.25, 0.3) is 0 Å². The van der Waals surface area contributed by atoms with Gasteiger partial charge in [-0.05, 0) is 25.6 Å². The molecule has 1 saturated heterocycles. The number of ether oxygens (including phenoxy) is 1. The van der Waals surface area contributed by atoms with Crippen molar-refractivity contribution in [3.05, 3.63) is 40.2 Å². The van der Waals surface area contributed by atoms with Crippen LogP contribution in [-0.4, -0.2) is 49.2 Å². The number of nitrogens with two attached hydrogens (primary N) is 1. The highest BCUT2D eigenvalue weighted by molar-refractivity contribution is 5.30. The van der Waals surface area contributed by atoms with Gasteiger partial charge in [-0.3, -0.25) is 15.0 Å². The number of rotatable bonds is 4. The second-order valence-electron chi connectivity index (χ2n) is 4.30. The van der Waals surface area contributed by atoms with Gasteiger partial charge in [0.15, 0.2) is 0 Å². The molecule has 2 rings (SSSR count). The summed E-state index contributed by atoms with van der Waals surface area (Å²) in [7, 11) is 0. The Kier molecular flexibility index (Phi) is 7.71. The van der Waals surface area contributed by atoms with E-state index < -0.39 is 16.4 Å². The quantitative estimate of drug-likeness (QED) is 0.668. The van der Waals surface area contributed by atoms with E-state index >= 15 is 0 Å². The third-order valence-corrected chi connectivity index (χ3v) is 2.83. The summed E-state index contributed by atoms with van der Waals surface area (Å²) in [4.78, 5) is 11.6. The average Bonchev–Trinajstić information content (AvgIpc) is 2.47. The summed E-state index contributed by atoms with van der Waals surface area (Å²) < 4.78 is 17.6. The molecule has 0 unspecified atom stereocenters. The minimum atomic E-state index is -0.799. The Morgan fingerprint density at radius 3 is 2.50 bits per heavy atom. The number of hydrogen-bond donors (Lipinski definition) is 1. The van der Waals surface area contributed by atoms with Gasteiger partial charge in [0, 0.05) is 19.2 Å². The molecule has 112 valence electrons. The van der Waals surface area contributed by atoms with Crippen molar-refractivity contribution < 1.29 is 14.1 Å². The fourth-order valence-corrected chi connectivity index (χ4v) is 1.74. The number of benzene rings is 1. The molecule has 1 aromatic rings. The van der Waals surface area contributed by atoms with Crippen molar-refractivity contribution in [2.75, 3.05) is 39.4 Å². The standard InChI is InChI=1S/C7H16N2O.C6H4FNO2/c8-2-1-3-9-4-6-10-7-5-9;7-5-3-1-2-4-6(5)8(9)10/h1-8H2;1-4H. The first-order chi connectivity index (χ1) is 9.65. The molecule has 0 atom stereocenters. The number of nitrogens with zero attached hydrogens (tertiary/aromatic N) is 2. The van der Waals surface area contributed by atoms with Crippen LogP contribution in [0.5, 0.6) is 0 Å². The predicted molar refractivity (Wildman–Crippen MR) is 74.0 cm³/mol. The van der Waals surface area contributed by atoms with Gasteiger partial charge in [-0.1, -0.05) is 12.1 Å². The lowest BCUT2D eigenvalue weighted by molar-refractivity contribution is -0.387. The molecule has 1 fully saturated rings. The van der Waals surface area contributed by atoms with Crippen LogP contribution in [0.3, 0.4) is 0 Å². The lowest BCUT2D eigenvalue weighted by atomic mass is 10.3. The second-order valence-corrected chi connectivity index (χ2v) is 4.30. The molecule has 1 aromatic carbocycles. The Balaban J connectivity index is 0.000000200. The van der Waals surface area contributed by atoms with Gasteiger partial charge in [-0.15, -0.1) is 0 Å². The van der Waals surface area contributed by atoms with Crippen LogP contribution >= 0.6 is 0 Å². The van der Waals surface area contributed by atoms with Crippen LogP contribution < -0.4 is 5.73 Å². The fourth-order valence-electron chi connectivity index (χ4n) is 1.74. The molecular weight excluding hydrogens is 265 g/mol. The normalized spacial score (nSPS) is 15.3. The summed E-state index contributed by atoms with van der Waals surface area (Å²) >= 11 is 0. The molecule has 0 bridgehead atoms. The third-order valence-electron chi connectivity index (χ3n) is 2.83.